The highest BCUT2D eigenvalue weighted by Gasteiger charge is 2.38. The van der Waals surface area contributed by atoms with E-state index in [2.05, 4.69) is 14.7 Å². The molecule has 2 aromatic carbocycles. The van der Waals surface area contributed by atoms with Crippen LogP contribution in [0, 0.1) is 0 Å². The third-order valence-corrected chi connectivity index (χ3v) is 4.58. The molecule has 0 aliphatic rings. The molecule has 4 nitrogen and oxygen atoms in total. The summed E-state index contributed by atoms with van der Waals surface area (Å²) in [5.74, 6) is -1.20. The molecular weight excluding hydrogens is 341 g/mol. The first-order valence-electron chi connectivity index (χ1n) is 6.87. The molecule has 0 spiro atoms. The molecule has 0 aliphatic carbocycles. The van der Waals surface area contributed by atoms with E-state index in [1.54, 1.807) is 12.1 Å². The third-order valence-electron chi connectivity index (χ3n) is 3.18. The van der Waals surface area contributed by atoms with Gasteiger partial charge in [-0.3, -0.25) is 0 Å². The van der Waals surface area contributed by atoms with Gasteiger partial charge in [-0.1, -0.05) is 35.5 Å². The van der Waals surface area contributed by atoms with Crippen molar-refractivity contribution in [1.29, 1.82) is 0 Å². The zero-order valence-electron chi connectivity index (χ0n) is 12.2. The maximum absolute atomic E-state index is 12.5. The normalized spacial score (nSPS) is 13.0. The van der Waals surface area contributed by atoms with Crippen LogP contribution in [0.25, 0.3) is 11.4 Å². The summed E-state index contributed by atoms with van der Waals surface area (Å²) in [6.07, 6.45) is -4.68. The highest BCUT2D eigenvalue weighted by Crippen LogP contribution is 2.29. The summed E-state index contributed by atoms with van der Waals surface area (Å²) in [6, 6.07) is 15.6. The molecule has 24 heavy (non-hydrogen) atoms. The van der Waals surface area contributed by atoms with Crippen molar-refractivity contribution in [3.8, 4) is 11.4 Å². The fraction of sp³-hybridized carbons (Fsp3) is 0.125. The van der Waals surface area contributed by atoms with Gasteiger partial charge in [-0.25, -0.2) is 0 Å². The Morgan fingerprint density at radius 2 is 1.67 bits per heavy atom. The number of halogens is 3. The number of hydrogen-bond acceptors (Lipinski definition) is 4. The second kappa shape index (κ2) is 6.66. The van der Waals surface area contributed by atoms with Crippen LogP contribution in [-0.2, 0) is 23.1 Å². The zero-order valence-corrected chi connectivity index (χ0v) is 13.0. The molecule has 124 valence electrons. The van der Waals surface area contributed by atoms with Crippen molar-refractivity contribution in [3.05, 3.63) is 66.1 Å². The van der Waals surface area contributed by atoms with Crippen molar-refractivity contribution in [2.24, 2.45) is 0 Å². The molecule has 1 unspecified atom stereocenters. The molecule has 0 saturated heterocycles. The molecule has 3 aromatic rings. The van der Waals surface area contributed by atoms with Gasteiger partial charge in [0.05, 0.1) is 0 Å². The lowest BCUT2D eigenvalue weighted by molar-refractivity contribution is -0.159. The first-order chi connectivity index (χ1) is 11.4. The molecule has 0 fully saturated rings. The van der Waals surface area contributed by atoms with Gasteiger partial charge in [0.1, 0.15) is 5.75 Å². The molecule has 0 aliphatic heterocycles. The van der Waals surface area contributed by atoms with E-state index in [1.807, 2.05) is 30.3 Å². The second-order valence-electron chi connectivity index (χ2n) is 4.92. The molecule has 1 aromatic heterocycles. The van der Waals surface area contributed by atoms with Gasteiger partial charge >= 0.3 is 12.1 Å². The molecule has 1 heterocycles. The summed E-state index contributed by atoms with van der Waals surface area (Å²) < 4.78 is 53.9. The van der Waals surface area contributed by atoms with Crippen LogP contribution < -0.4 is 0 Å². The van der Waals surface area contributed by atoms with E-state index < -0.39 is 23.2 Å². The van der Waals surface area contributed by atoms with Crippen molar-refractivity contribution in [3.63, 3.8) is 0 Å². The minimum Gasteiger partial charge on any atom is -0.611 e. The Kier molecular flexibility index (Phi) is 4.59. The summed E-state index contributed by atoms with van der Waals surface area (Å²) in [5.41, 5.74) is 1.29. The number of benzene rings is 2. The van der Waals surface area contributed by atoms with Crippen LogP contribution >= 0.6 is 0 Å². The Morgan fingerprint density at radius 1 is 1.00 bits per heavy atom. The molecule has 0 N–H and O–H groups in total. The second-order valence-corrected chi connectivity index (χ2v) is 6.37. The monoisotopic (exact) mass is 352 g/mol. The molecule has 0 bridgehead atoms. The van der Waals surface area contributed by atoms with Crippen molar-refractivity contribution in [2.75, 3.05) is 0 Å². The van der Waals surface area contributed by atoms with E-state index in [0.717, 1.165) is 5.56 Å². The molecule has 0 amide bonds. The number of nitrogens with zero attached hydrogens (tertiary/aromatic N) is 2. The summed E-state index contributed by atoms with van der Waals surface area (Å²) in [6.45, 7) is 0. The summed E-state index contributed by atoms with van der Waals surface area (Å²) in [4.78, 5) is 3.89. The first-order valence-corrected chi connectivity index (χ1v) is 8.19. The van der Waals surface area contributed by atoms with Gasteiger partial charge in [-0.2, -0.15) is 18.2 Å². The van der Waals surface area contributed by atoms with Crippen LogP contribution in [-0.4, -0.2) is 14.7 Å². The van der Waals surface area contributed by atoms with E-state index in [1.165, 1.54) is 12.1 Å². The maximum atomic E-state index is 12.5. The van der Waals surface area contributed by atoms with Gasteiger partial charge in [0.25, 0.3) is 0 Å². The first kappa shape index (κ1) is 16.5. The quantitative estimate of drug-likeness (QED) is 0.664. The van der Waals surface area contributed by atoms with Crippen LogP contribution in [0.4, 0.5) is 13.2 Å². The van der Waals surface area contributed by atoms with Gasteiger partial charge in [0.15, 0.2) is 4.90 Å². The topological polar surface area (TPSA) is 62.0 Å². The Balaban J connectivity index is 1.74. The zero-order chi connectivity index (χ0) is 17.2. The predicted octanol–water partition coefficient (Wildman–Crippen LogP) is 4.06. The van der Waals surface area contributed by atoms with E-state index >= 15 is 0 Å². The van der Waals surface area contributed by atoms with E-state index in [0.29, 0.717) is 16.2 Å². The standard InChI is InChI=1S/C16H11F3N2O2S/c17-16(18,19)15-20-14(21-23-15)12-6-8-13(9-7-12)24(22)10-11-4-2-1-3-5-11/h1-9H,10H2. The largest absolute Gasteiger partial charge is 0.611 e. The maximum Gasteiger partial charge on any atom is 0.471 e. The predicted molar refractivity (Wildman–Crippen MR) is 81.3 cm³/mol. The summed E-state index contributed by atoms with van der Waals surface area (Å²) in [7, 11) is 0. The fourth-order valence-corrected chi connectivity index (χ4v) is 3.12. The van der Waals surface area contributed by atoms with Gasteiger partial charge in [0, 0.05) is 11.1 Å². The average Bonchev–Trinajstić information content (AvgIpc) is 3.06. The lowest BCUT2D eigenvalue weighted by atomic mass is 10.2. The highest BCUT2D eigenvalue weighted by molar-refractivity contribution is 7.90. The lowest BCUT2D eigenvalue weighted by Crippen LogP contribution is -2.05. The van der Waals surface area contributed by atoms with Crippen LogP contribution in [0.1, 0.15) is 11.5 Å². The number of aromatic nitrogens is 2. The Morgan fingerprint density at radius 3 is 2.25 bits per heavy atom. The van der Waals surface area contributed by atoms with Gasteiger partial charge in [-0.15, -0.1) is 0 Å². The molecule has 0 saturated carbocycles. The highest BCUT2D eigenvalue weighted by atomic mass is 32.2. The molecule has 3 rings (SSSR count). The summed E-state index contributed by atoms with van der Waals surface area (Å²) in [5, 5.41) is 3.31. The molecule has 8 heteroatoms. The molecular formula is C16H11F3N2O2S. The average molecular weight is 352 g/mol. The van der Waals surface area contributed by atoms with Crippen LogP contribution in [0.15, 0.2) is 64.0 Å². The molecule has 0 radical (unpaired) electrons. The minimum atomic E-state index is -4.68. The number of hydrogen-bond donors (Lipinski definition) is 0. The third kappa shape index (κ3) is 3.77. The van der Waals surface area contributed by atoms with Crippen molar-refractivity contribution in [1.82, 2.24) is 10.1 Å². The Labute approximate surface area is 138 Å². The number of rotatable bonds is 4. The van der Waals surface area contributed by atoms with Crippen molar-refractivity contribution < 1.29 is 22.2 Å². The van der Waals surface area contributed by atoms with Crippen LogP contribution in [0.3, 0.4) is 0 Å². The van der Waals surface area contributed by atoms with Crippen LogP contribution in [0.2, 0.25) is 0 Å². The summed E-state index contributed by atoms with van der Waals surface area (Å²) >= 11 is -1.25. The van der Waals surface area contributed by atoms with Gasteiger partial charge < -0.3 is 9.08 Å². The van der Waals surface area contributed by atoms with Crippen molar-refractivity contribution in [2.45, 2.75) is 16.8 Å². The fourth-order valence-electron chi connectivity index (χ4n) is 2.02. The SMILES string of the molecule is [O-][S+](Cc1ccccc1)c1ccc(-c2noc(C(F)(F)F)n2)cc1. The van der Waals surface area contributed by atoms with E-state index in [-0.39, 0.29) is 5.82 Å². The van der Waals surface area contributed by atoms with E-state index in [9.17, 15) is 17.7 Å². The molecule has 1 atom stereocenters. The van der Waals surface area contributed by atoms with Gasteiger partial charge in [0.2, 0.25) is 5.82 Å². The smallest absolute Gasteiger partial charge is 0.471 e. The Bertz CT molecular complexity index is 804. The number of alkyl halides is 3. The van der Waals surface area contributed by atoms with Crippen molar-refractivity contribution >= 4 is 11.2 Å². The van der Waals surface area contributed by atoms with Crippen LogP contribution in [0.5, 0.6) is 0 Å². The lowest BCUT2D eigenvalue weighted by Gasteiger charge is -2.10. The Hall–Kier alpha value is -2.32. The van der Waals surface area contributed by atoms with Gasteiger partial charge in [-0.05, 0) is 35.4 Å². The van der Waals surface area contributed by atoms with E-state index in [4.69, 9.17) is 0 Å². The minimum absolute atomic E-state index is 0.164.